The van der Waals surface area contributed by atoms with Gasteiger partial charge in [-0.2, -0.15) is 0 Å². The van der Waals surface area contributed by atoms with Crippen molar-refractivity contribution in [1.82, 2.24) is 10.3 Å². The van der Waals surface area contributed by atoms with E-state index in [2.05, 4.69) is 22.4 Å². The zero-order chi connectivity index (χ0) is 18.6. The van der Waals surface area contributed by atoms with Gasteiger partial charge in [0.1, 0.15) is 5.82 Å². The Hall–Kier alpha value is -2.24. The fraction of sp³-hybridized carbons (Fsp3) is 0.273. The number of fused-ring (bicyclic) bond motifs is 1. The highest BCUT2D eigenvalue weighted by Gasteiger charge is 2.17. The first kappa shape index (κ1) is 18.1. The van der Waals surface area contributed by atoms with E-state index in [1.807, 2.05) is 30.5 Å². The number of rotatable bonds is 6. The molecule has 0 radical (unpaired) electrons. The predicted molar refractivity (Wildman–Crippen MR) is 110 cm³/mol. The van der Waals surface area contributed by atoms with Crippen molar-refractivity contribution >= 4 is 27.3 Å². The molecule has 2 N–H and O–H groups in total. The van der Waals surface area contributed by atoms with E-state index in [1.165, 1.54) is 11.6 Å². The summed E-state index contributed by atoms with van der Waals surface area (Å²) in [6.07, 6.45) is 5.77. The van der Waals surface area contributed by atoms with Gasteiger partial charge in [-0.3, -0.25) is 4.21 Å². The number of hydrogen-bond donors (Lipinski definition) is 2. The lowest BCUT2D eigenvalue weighted by atomic mass is 9.94. The van der Waals surface area contributed by atoms with Gasteiger partial charge in [0.15, 0.2) is 0 Å². The minimum Gasteiger partial charge on any atom is -0.361 e. The molecule has 0 aliphatic carbocycles. The second-order valence-corrected chi connectivity index (χ2v) is 8.56. The number of aromatic amines is 1. The summed E-state index contributed by atoms with van der Waals surface area (Å²) in [5.41, 5.74) is 4.31. The van der Waals surface area contributed by atoms with Gasteiger partial charge < -0.3 is 10.3 Å². The second-order valence-electron chi connectivity index (χ2n) is 6.99. The summed E-state index contributed by atoms with van der Waals surface area (Å²) in [7, 11) is -0.906. The zero-order valence-electron chi connectivity index (χ0n) is 15.1. The van der Waals surface area contributed by atoms with Gasteiger partial charge >= 0.3 is 0 Å². The van der Waals surface area contributed by atoms with E-state index in [-0.39, 0.29) is 11.9 Å². The monoisotopic (exact) mass is 382 g/mol. The van der Waals surface area contributed by atoms with Crippen LogP contribution in [-0.2, 0) is 16.6 Å². The van der Waals surface area contributed by atoms with Crippen LogP contribution in [0.4, 0.5) is 4.39 Å². The molecular formula is C22H23FN2OS. The zero-order valence-corrected chi connectivity index (χ0v) is 15.9. The summed E-state index contributed by atoms with van der Waals surface area (Å²) < 4.78 is 26.1. The maximum absolute atomic E-state index is 13.5. The fourth-order valence-electron chi connectivity index (χ4n) is 3.67. The largest absolute Gasteiger partial charge is 0.361 e. The number of halogens is 1. The Morgan fingerprint density at radius 1 is 1.15 bits per heavy atom. The third kappa shape index (κ3) is 4.37. The SMILES string of the molecule is O=S(CCC1CC(c2cccc(F)c2)=CCN1)Cc1c[nH]c2ccccc12. The average Bonchev–Trinajstić information content (AvgIpc) is 3.10. The summed E-state index contributed by atoms with van der Waals surface area (Å²) in [5.74, 6) is 1.03. The maximum atomic E-state index is 13.5. The van der Waals surface area contributed by atoms with Crippen LogP contribution in [0.2, 0.25) is 0 Å². The molecule has 1 aliphatic rings. The molecule has 1 aromatic heterocycles. The summed E-state index contributed by atoms with van der Waals surface area (Å²) >= 11 is 0. The molecule has 27 heavy (non-hydrogen) atoms. The van der Waals surface area contributed by atoms with Gasteiger partial charge in [0.2, 0.25) is 0 Å². The van der Waals surface area contributed by atoms with E-state index in [0.29, 0.717) is 11.5 Å². The molecule has 0 saturated heterocycles. The second kappa shape index (κ2) is 8.19. The van der Waals surface area contributed by atoms with Crippen molar-refractivity contribution < 1.29 is 8.60 Å². The molecule has 4 rings (SSSR count). The fourth-order valence-corrected chi connectivity index (χ4v) is 4.95. The summed E-state index contributed by atoms with van der Waals surface area (Å²) in [6.45, 7) is 0.769. The third-order valence-corrected chi connectivity index (χ3v) is 6.43. The van der Waals surface area contributed by atoms with E-state index in [1.54, 1.807) is 12.1 Å². The molecule has 0 saturated carbocycles. The van der Waals surface area contributed by atoms with Gasteiger partial charge in [0.05, 0.1) is 5.75 Å². The summed E-state index contributed by atoms with van der Waals surface area (Å²) in [6, 6.07) is 15.1. The first-order valence-corrected chi connectivity index (χ1v) is 10.8. The highest BCUT2D eigenvalue weighted by molar-refractivity contribution is 7.84. The quantitative estimate of drug-likeness (QED) is 0.664. The lowest BCUT2D eigenvalue weighted by Crippen LogP contribution is -2.34. The Labute approximate surface area is 161 Å². The van der Waals surface area contributed by atoms with E-state index in [4.69, 9.17) is 0 Å². The molecular weight excluding hydrogens is 359 g/mol. The smallest absolute Gasteiger partial charge is 0.123 e. The molecule has 140 valence electrons. The Balaban J connectivity index is 1.33. The Kier molecular flexibility index (Phi) is 5.50. The van der Waals surface area contributed by atoms with Gasteiger partial charge in [-0.1, -0.05) is 36.4 Å². The lowest BCUT2D eigenvalue weighted by Gasteiger charge is -2.24. The number of benzene rings is 2. The van der Waals surface area contributed by atoms with Crippen molar-refractivity contribution in [3.8, 4) is 0 Å². The predicted octanol–water partition coefficient (Wildman–Crippen LogP) is 4.39. The van der Waals surface area contributed by atoms with Gasteiger partial charge in [0, 0.05) is 46.2 Å². The van der Waals surface area contributed by atoms with Crippen molar-refractivity contribution in [2.24, 2.45) is 0 Å². The molecule has 2 unspecified atom stereocenters. The molecule has 0 amide bonds. The highest BCUT2D eigenvalue weighted by Crippen LogP contribution is 2.25. The first-order valence-electron chi connectivity index (χ1n) is 9.27. The van der Waals surface area contributed by atoms with Crippen LogP contribution in [0.3, 0.4) is 0 Å². The third-order valence-electron chi connectivity index (χ3n) is 5.10. The minimum absolute atomic E-state index is 0.205. The molecule has 0 bridgehead atoms. The van der Waals surface area contributed by atoms with Crippen LogP contribution in [0.1, 0.15) is 24.0 Å². The van der Waals surface area contributed by atoms with Gasteiger partial charge in [0.25, 0.3) is 0 Å². The lowest BCUT2D eigenvalue weighted by molar-refractivity contribution is 0.522. The van der Waals surface area contributed by atoms with Gasteiger partial charge in [-0.25, -0.2) is 4.39 Å². The average molecular weight is 383 g/mol. The number of para-hydroxylation sites is 1. The number of aromatic nitrogens is 1. The number of nitrogens with one attached hydrogen (secondary N) is 2. The normalized spacial score (nSPS) is 18.4. The van der Waals surface area contributed by atoms with Crippen LogP contribution in [0, 0.1) is 5.82 Å². The van der Waals surface area contributed by atoms with Crippen LogP contribution in [0.25, 0.3) is 16.5 Å². The van der Waals surface area contributed by atoms with E-state index < -0.39 is 10.8 Å². The molecule has 3 aromatic rings. The van der Waals surface area contributed by atoms with Crippen LogP contribution >= 0.6 is 0 Å². The van der Waals surface area contributed by atoms with E-state index in [9.17, 15) is 8.60 Å². The van der Waals surface area contributed by atoms with Crippen molar-refractivity contribution in [2.75, 3.05) is 12.3 Å². The Bertz CT molecular complexity index is 995. The topological polar surface area (TPSA) is 44.9 Å². The number of H-pyrrole nitrogens is 1. The van der Waals surface area contributed by atoms with Crippen molar-refractivity contribution in [2.45, 2.75) is 24.6 Å². The van der Waals surface area contributed by atoms with E-state index >= 15 is 0 Å². The minimum atomic E-state index is -0.906. The Morgan fingerprint density at radius 3 is 2.93 bits per heavy atom. The van der Waals surface area contributed by atoms with Crippen LogP contribution in [0.5, 0.6) is 0 Å². The highest BCUT2D eigenvalue weighted by atomic mass is 32.2. The van der Waals surface area contributed by atoms with Gasteiger partial charge in [-0.05, 0) is 47.7 Å². The molecule has 0 fully saturated rings. The molecule has 2 atom stereocenters. The molecule has 2 heterocycles. The van der Waals surface area contributed by atoms with Gasteiger partial charge in [-0.15, -0.1) is 0 Å². The Morgan fingerprint density at radius 2 is 2.04 bits per heavy atom. The molecule has 3 nitrogen and oxygen atoms in total. The molecule has 2 aromatic carbocycles. The standard InChI is InChI=1S/C22H23FN2OS/c23-19-5-3-4-16(12-19)17-8-10-24-20(13-17)9-11-27(26)15-18-14-25-22-7-2-1-6-21(18)22/h1-8,12,14,20,24-25H,9-11,13,15H2. The van der Waals surface area contributed by atoms with Crippen molar-refractivity contribution in [3.63, 3.8) is 0 Å². The van der Waals surface area contributed by atoms with Crippen LogP contribution < -0.4 is 5.32 Å². The van der Waals surface area contributed by atoms with Crippen LogP contribution in [0.15, 0.2) is 60.8 Å². The van der Waals surface area contributed by atoms with Crippen molar-refractivity contribution in [3.05, 3.63) is 77.7 Å². The molecule has 0 spiro atoms. The van der Waals surface area contributed by atoms with Crippen molar-refractivity contribution in [1.29, 1.82) is 0 Å². The molecule has 1 aliphatic heterocycles. The maximum Gasteiger partial charge on any atom is 0.123 e. The summed E-state index contributed by atoms with van der Waals surface area (Å²) in [5, 5.41) is 4.62. The molecule has 5 heteroatoms. The van der Waals surface area contributed by atoms with E-state index in [0.717, 1.165) is 41.4 Å². The first-order chi connectivity index (χ1) is 13.2. The van der Waals surface area contributed by atoms with Crippen LogP contribution in [-0.4, -0.2) is 27.5 Å². The summed E-state index contributed by atoms with van der Waals surface area (Å²) in [4.78, 5) is 3.24. The number of hydrogen-bond acceptors (Lipinski definition) is 2.